The Hall–Kier alpha value is -1.40. The molecule has 1 saturated heterocycles. The van der Waals surface area contributed by atoms with Crippen LogP contribution in [0.3, 0.4) is 0 Å². The monoisotopic (exact) mass is 280 g/mol. The van der Waals surface area contributed by atoms with Gasteiger partial charge in [0, 0.05) is 24.8 Å². The predicted octanol–water partition coefficient (Wildman–Crippen LogP) is 1.89. The molecule has 0 aliphatic carbocycles. The maximum absolute atomic E-state index is 9.21. The molecule has 1 aromatic heterocycles. The van der Waals surface area contributed by atoms with Gasteiger partial charge in [-0.25, -0.2) is 4.98 Å². The van der Waals surface area contributed by atoms with Gasteiger partial charge in [-0.1, -0.05) is 0 Å². The number of anilines is 2. The first-order valence-corrected chi connectivity index (χ1v) is 7.25. The van der Waals surface area contributed by atoms with Crippen molar-refractivity contribution in [3.63, 3.8) is 0 Å². The summed E-state index contributed by atoms with van der Waals surface area (Å²) >= 11 is 0. The highest BCUT2D eigenvalue weighted by Crippen LogP contribution is 2.19. The molecule has 0 spiro atoms. The number of aryl methyl sites for hydroxylation is 1. The number of nitrogens with one attached hydrogen (secondary N) is 1. The minimum Gasteiger partial charge on any atom is -0.368 e. The highest BCUT2D eigenvalue weighted by Gasteiger charge is 2.15. The number of hydrogen-bond acceptors (Lipinski definition) is 6. The molecule has 0 aromatic carbocycles. The van der Waals surface area contributed by atoms with Gasteiger partial charge in [-0.3, -0.25) is 0 Å². The first-order valence-electron chi connectivity index (χ1n) is 7.25. The van der Waals surface area contributed by atoms with Gasteiger partial charge in [0.1, 0.15) is 12.0 Å². The summed E-state index contributed by atoms with van der Waals surface area (Å²) in [6.07, 6.45) is 2.57. The highest BCUT2D eigenvalue weighted by molar-refractivity contribution is 5.44. The number of rotatable bonds is 5. The summed E-state index contributed by atoms with van der Waals surface area (Å²) in [6.45, 7) is 7.42. The average Bonchev–Trinajstić information content (AvgIpc) is 2.38. The van der Waals surface area contributed by atoms with Crippen LogP contribution in [-0.4, -0.2) is 40.7 Å². The van der Waals surface area contributed by atoms with Crippen molar-refractivity contribution in [2.75, 3.05) is 23.3 Å². The number of hydrogen-bond donors (Lipinski definition) is 2. The number of aromatic nitrogens is 2. The summed E-state index contributed by atoms with van der Waals surface area (Å²) in [5, 5.41) is 12.3. The largest absolute Gasteiger partial charge is 0.368 e. The molecule has 1 aliphatic heterocycles. The van der Waals surface area contributed by atoms with Crippen molar-refractivity contribution in [1.82, 2.24) is 9.97 Å². The lowest BCUT2D eigenvalue weighted by Crippen LogP contribution is -2.31. The molecule has 2 N–H and O–H groups in total. The van der Waals surface area contributed by atoms with Crippen molar-refractivity contribution in [3.8, 4) is 0 Å². The molecular weight excluding hydrogens is 256 g/mol. The van der Waals surface area contributed by atoms with Crippen LogP contribution in [0, 0.1) is 6.92 Å². The second kappa shape index (κ2) is 6.85. The van der Waals surface area contributed by atoms with E-state index in [0.717, 1.165) is 30.5 Å². The topological polar surface area (TPSA) is 70.5 Å². The first kappa shape index (κ1) is 15.0. The van der Waals surface area contributed by atoms with Gasteiger partial charge in [0.25, 0.3) is 0 Å². The zero-order chi connectivity index (χ0) is 14.5. The zero-order valence-electron chi connectivity index (χ0n) is 12.5. The molecule has 1 aromatic rings. The lowest BCUT2D eigenvalue weighted by Gasteiger charge is -2.27. The Bertz CT molecular complexity index is 433. The van der Waals surface area contributed by atoms with E-state index >= 15 is 0 Å². The minimum atomic E-state index is -0.804. The van der Waals surface area contributed by atoms with E-state index in [2.05, 4.69) is 20.2 Å². The summed E-state index contributed by atoms with van der Waals surface area (Å²) < 4.78 is 5.25. The summed E-state index contributed by atoms with van der Waals surface area (Å²) in [6, 6.07) is 1.88. The van der Waals surface area contributed by atoms with Gasteiger partial charge in [-0.15, -0.1) is 0 Å². The molecular formula is C14H24N4O2. The Kier molecular flexibility index (Phi) is 5.14. The highest BCUT2D eigenvalue weighted by atomic mass is 16.6. The fraction of sp³-hybridized carbons (Fsp3) is 0.714. The average molecular weight is 280 g/mol. The maximum atomic E-state index is 9.21. The molecule has 2 heterocycles. The van der Waals surface area contributed by atoms with Gasteiger partial charge in [0.15, 0.2) is 6.29 Å². The van der Waals surface area contributed by atoms with Gasteiger partial charge in [0.05, 0.1) is 0 Å². The molecule has 0 amide bonds. The Morgan fingerprint density at radius 2 is 1.95 bits per heavy atom. The third kappa shape index (κ3) is 4.31. The molecule has 2 unspecified atom stereocenters. The van der Waals surface area contributed by atoms with Crippen LogP contribution >= 0.6 is 0 Å². The van der Waals surface area contributed by atoms with E-state index in [1.165, 1.54) is 19.3 Å². The van der Waals surface area contributed by atoms with E-state index in [1.807, 2.05) is 19.9 Å². The Morgan fingerprint density at radius 3 is 2.60 bits per heavy atom. The van der Waals surface area contributed by atoms with Crippen molar-refractivity contribution in [3.05, 3.63) is 11.8 Å². The van der Waals surface area contributed by atoms with E-state index in [0.29, 0.717) is 0 Å². The van der Waals surface area contributed by atoms with Crippen LogP contribution < -0.4 is 10.2 Å². The molecule has 6 heteroatoms. The minimum absolute atomic E-state index is 0.307. The molecule has 0 bridgehead atoms. The zero-order valence-corrected chi connectivity index (χ0v) is 12.5. The number of aliphatic hydroxyl groups is 1. The first-order chi connectivity index (χ1) is 9.54. The standard InChI is InChI=1S/C14H24N4O2/c1-10-9-13(16-11(2)20-12(3)19)17-14(15-10)18-7-5-4-6-8-18/h9,11-12,19H,4-8H2,1-3H3,(H,15,16,17). The van der Waals surface area contributed by atoms with E-state index < -0.39 is 6.29 Å². The van der Waals surface area contributed by atoms with Gasteiger partial charge < -0.3 is 20.1 Å². The molecule has 0 saturated carbocycles. The van der Waals surface area contributed by atoms with E-state index in [4.69, 9.17) is 4.74 Å². The van der Waals surface area contributed by atoms with E-state index in [1.54, 1.807) is 6.92 Å². The van der Waals surface area contributed by atoms with E-state index in [9.17, 15) is 5.11 Å². The third-order valence-electron chi connectivity index (χ3n) is 3.23. The van der Waals surface area contributed by atoms with Crippen LogP contribution in [0.5, 0.6) is 0 Å². The van der Waals surface area contributed by atoms with Crippen LogP contribution in [0.2, 0.25) is 0 Å². The number of piperidine rings is 1. The van der Waals surface area contributed by atoms with E-state index in [-0.39, 0.29) is 6.23 Å². The second-order valence-corrected chi connectivity index (χ2v) is 5.26. The van der Waals surface area contributed by atoms with Gasteiger partial charge >= 0.3 is 0 Å². The lowest BCUT2D eigenvalue weighted by molar-refractivity contribution is -0.109. The van der Waals surface area contributed by atoms with Crippen molar-refractivity contribution in [2.24, 2.45) is 0 Å². The van der Waals surface area contributed by atoms with Crippen molar-refractivity contribution >= 4 is 11.8 Å². The van der Waals surface area contributed by atoms with Gasteiger partial charge in [-0.2, -0.15) is 4.98 Å². The maximum Gasteiger partial charge on any atom is 0.227 e. The van der Waals surface area contributed by atoms with Crippen LogP contribution in [0.15, 0.2) is 6.07 Å². The van der Waals surface area contributed by atoms with Crippen LogP contribution in [-0.2, 0) is 4.74 Å². The Balaban J connectivity index is 2.07. The molecule has 20 heavy (non-hydrogen) atoms. The molecule has 0 radical (unpaired) electrons. The third-order valence-corrected chi connectivity index (χ3v) is 3.23. The lowest BCUT2D eigenvalue weighted by atomic mass is 10.1. The number of aliphatic hydroxyl groups excluding tert-OH is 1. The fourth-order valence-electron chi connectivity index (χ4n) is 2.40. The second-order valence-electron chi connectivity index (χ2n) is 5.26. The number of nitrogens with zero attached hydrogens (tertiary/aromatic N) is 3. The Morgan fingerprint density at radius 1 is 1.25 bits per heavy atom. The summed E-state index contributed by atoms with van der Waals surface area (Å²) in [5.74, 6) is 1.50. The van der Waals surface area contributed by atoms with Gasteiger partial charge in [-0.05, 0) is 40.0 Å². The Labute approximate surface area is 120 Å². The molecule has 2 rings (SSSR count). The molecule has 1 fully saturated rings. The molecule has 112 valence electrons. The summed E-state index contributed by atoms with van der Waals surface area (Å²) in [7, 11) is 0. The quantitative estimate of drug-likeness (QED) is 0.803. The molecule has 6 nitrogen and oxygen atoms in total. The van der Waals surface area contributed by atoms with Crippen molar-refractivity contribution < 1.29 is 9.84 Å². The van der Waals surface area contributed by atoms with Crippen molar-refractivity contribution in [2.45, 2.75) is 52.6 Å². The SMILES string of the molecule is Cc1cc(NC(C)OC(C)O)nc(N2CCCCC2)n1. The predicted molar refractivity (Wildman–Crippen MR) is 78.7 cm³/mol. The number of ether oxygens (including phenoxy) is 1. The summed E-state index contributed by atoms with van der Waals surface area (Å²) in [5.41, 5.74) is 0.923. The molecule has 1 aliphatic rings. The van der Waals surface area contributed by atoms with Crippen LogP contribution in [0.1, 0.15) is 38.8 Å². The van der Waals surface area contributed by atoms with Gasteiger partial charge in [0.2, 0.25) is 5.95 Å². The molecule has 2 atom stereocenters. The van der Waals surface area contributed by atoms with Crippen LogP contribution in [0.4, 0.5) is 11.8 Å². The fourth-order valence-corrected chi connectivity index (χ4v) is 2.40. The smallest absolute Gasteiger partial charge is 0.227 e. The van der Waals surface area contributed by atoms with Crippen LogP contribution in [0.25, 0.3) is 0 Å². The van der Waals surface area contributed by atoms with Crippen molar-refractivity contribution in [1.29, 1.82) is 0 Å². The summed E-state index contributed by atoms with van der Waals surface area (Å²) in [4.78, 5) is 11.3. The normalized spacial score (nSPS) is 18.7.